The summed E-state index contributed by atoms with van der Waals surface area (Å²) in [7, 11) is 0. The maximum Gasteiger partial charge on any atom is 0.120 e. The molecule has 0 fully saturated rings. The van der Waals surface area contributed by atoms with E-state index < -0.39 is 0 Å². The van der Waals surface area contributed by atoms with E-state index in [1.807, 2.05) is 18.3 Å². The molecule has 30 heavy (non-hydrogen) atoms. The van der Waals surface area contributed by atoms with Crippen LogP contribution in [0, 0.1) is 6.07 Å². The molecule has 5 aromatic carbocycles. The first-order valence-electron chi connectivity index (χ1n) is 9.73. The molecule has 3 heteroatoms. The summed E-state index contributed by atoms with van der Waals surface area (Å²) in [4.78, 5) is 4.74. The molecule has 1 aromatic heterocycles. The van der Waals surface area contributed by atoms with Gasteiger partial charge >= 0.3 is 0 Å². The van der Waals surface area contributed by atoms with Crippen molar-refractivity contribution in [3.05, 3.63) is 91.1 Å². The molecule has 1 radical (unpaired) electrons. The van der Waals surface area contributed by atoms with Crippen molar-refractivity contribution < 1.29 is 24.8 Å². The van der Waals surface area contributed by atoms with Gasteiger partial charge in [-0.3, -0.25) is 4.98 Å². The third kappa shape index (κ3) is 2.31. The molecule has 0 bridgehead atoms. The predicted octanol–water partition coefficient (Wildman–Crippen LogP) is 7.26. The van der Waals surface area contributed by atoms with Crippen molar-refractivity contribution >= 4 is 43.1 Å². The molecule has 0 amide bonds. The van der Waals surface area contributed by atoms with E-state index in [-0.39, 0.29) is 20.1 Å². The van der Waals surface area contributed by atoms with Gasteiger partial charge in [0, 0.05) is 37.4 Å². The summed E-state index contributed by atoms with van der Waals surface area (Å²) in [5.41, 5.74) is 1.88. The molecule has 1 aliphatic rings. The SMILES string of the molecule is [Ir].[c-]1c2c(cc3ccccc13)Oc1cc3c4ccccc4ccc3c3ccnc-2c13. The average molecular weight is 561 g/mol. The number of hydrogen-bond donors (Lipinski definition) is 0. The minimum atomic E-state index is 0. The van der Waals surface area contributed by atoms with E-state index >= 15 is 0 Å². The number of pyridine rings is 1. The van der Waals surface area contributed by atoms with Crippen molar-refractivity contribution in [1.82, 2.24) is 4.98 Å². The van der Waals surface area contributed by atoms with E-state index in [1.54, 1.807) is 0 Å². The van der Waals surface area contributed by atoms with E-state index in [0.29, 0.717) is 0 Å². The Kier molecular flexibility index (Phi) is 3.73. The van der Waals surface area contributed by atoms with E-state index in [0.717, 1.165) is 38.9 Å². The molecule has 0 atom stereocenters. The van der Waals surface area contributed by atoms with Gasteiger partial charge in [0.2, 0.25) is 0 Å². The molecule has 0 saturated heterocycles. The van der Waals surface area contributed by atoms with Crippen molar-refractivity contribution in [2.75, 3.05) is 0 Å². The topological polar surface area (TPSA) is 22.1 Å². The van der Waals surface area contributed by atoms with Crippen molar-refractivity contribution in [1.29, 1.82) is 0 Å². The van der Waals surface area contributed by atoms with Crippen molar-refractivity contribution in [3.63, 3.8) is 0 Å². The number of aromatic nitrogens is 1. The zero-order valence-corrected chi connectivity index (χ0v) is 18.2. The minimum absolute atomic E-state index is 0. The maximum absolute atomic E-state index is 6.44. The molecule has 143 valence electrons. The first kappa shape index (κ1) is 17.6. The van der Waals surface area contributed by atoms with Gasteiger partial charge in [-0.25, -0.2) is 0 Å². The Labute approximate surface area is 186 Å². The molecular weight excluding hydrogens is 547 g/mol. The molecule has 0 unspecified atom stereocenters. The number of rotatable bonds is 0. The van der Waals surface area contributed by atoms with Gasteiger partial charge in [-0.15, -0.1) is 17.5 Å². The summed E-state index contributed by atoms with van der Waals surface area (Å²) in [6.45, 7) is 0. The maximum atomic E-state index is 6.44. The van der Waals surface area contributed by atoms with E-state index in [2.05, 4.69) is 72.8 Å². The van der Waals surface area contributed by atoms with Crippen molar-refractivity contribution in [2.24, 2.45) is 0 Å². The summed E-state index contributed by atoms with van der Waals surface area (Å²) in [5, 5.41) is 9.32. The zero-order valence-electron chi connectivity index (χ0n) is 15.8. The van der Waals surface area contributed by atoms with Gasteiger partial charge in [-0.1, -0.05) is 71.6 Å². The number of nitrogens with zero attached hydrogens (tertiary/aromatic N) is 1. The van der Waals surface area contributed by atoms with Crippen LogP contribution in [0.15, 0.2) is 85.1 Å². The number of hydrogen-bond acceptors (Lipinski definition) is 2. The van der Waals surface area contributed by atoms with Crippen LogP contribution < -0.4 is 4.74 Å². The smallest absolute Gasteiger partial charge is 0.120 e. The minimum Gasteiger partial charge on any atom is -0.492 e. The molecule has 0 aliphatic carbocycles. The molecule has 2 heterocycles. The van der Waals surface area contributed by atoms with E-state index in [9.17, 15) is 0 Å². The monoisotopic (exact) mass is 561 g/mol. The Morgan fingerprint density at radius 1 is 0.667 bits per heavy atom. The molecule has 0 spiro atoms. The number of ether oxygens (including phenoxy) is 1. The van der Waals surface area contributed by atoms with Gasteiger partial charge in [0.25, 0.3) is 0 Å². The molecule has 0 N–H and O–H groups in total. The fourth-order valence-corrected chi connectivity index (χ4v) is 4.62. The molecule has 7 rings (SSSR count). The Balaban J connectivity index is 0.00000175. The third-order valence-electron chi connectivity index (χ3n) is 5.94. The normalized spacial score (nSPS) is 12.0. The average Bonchev–Trinajstić information content (AvgIpc) is 2.78. The third-order valence-corrected chi connectivity index (χ3v) is 5.94. The zero-order chi connectivity index (χ0) is 18.9. The van der Waals surface area contributed by atoms with Gasteiger partial charge in [-0.05, 0) is 39.1 Å². The number of benzene rings is 5. The Morgan fingerprint density at radius 2 is 1.50 bits per heavy atom. The molecule has 0 saturated carbocycles. The molecule has 1 aliphatic heterocycles. The first-order chi connectivity index (χ1) is 14.4. The van der Waals surface area contributed by atoms with Crippen molar-refractivity contribution in [3.8, 4) is 22.8 Å². The van der Waals surface area contributed by atoms with Crippen LogP contribution in [-0.4, -0.2) is 4.98 Å². The Hall–Kier alpha value is -3.26. The van der Waals surface area contributed by atoms with Crippen LogP contribution in [0.2, 0.25) is 0 Å². The van der Waals surface area contributed by atoms with Gasteiger partial charge in [-0.2, -0.15) is 0 Å². The van der Waals surface area contributed by atoms with Crippen LogP contribution in [0.4, 0.5) is 0 Å². The standard InChI is InChI=1S/C27H14NO.Ir/c1-2-7-18-14-24-23(13-17(18)6-1)27-26-21(11-12-28-27)20-10-9-16-5-3-4-8-19(16)22(20)15-25(26)29-24;/h1-12,14-15H;/q-1;. The predicted molar refractivity (Wildman–Crippen MR) is 119 cm³/mol. The van der Waals surface area contributed by atoms with E-state index in [4.69, 9.17) is 9.72 Å². The Bertz CT molecular complexity index is 1640. The second-order valence-corrected chi connectivity index (χ2v) is 7.54. The van der Waals surface area contributed by atoms with Crippen LogP contribution in [0.5, 0.6) is 11.5 Å². The quantitative estimate of drug-likeness (QED) is 0.144. The summed E-state index contributed by atoms with van der Waals surface area (Å²) >= 11 is 0. The fourth-order valence-electron chi connectivity index (χ4n) is 4.62. The van der Waals surface area contributed by atoms with Crippen LogP contribution in [0.3, 0.4) is 0 Å². The van der Waals surface area contributed by atoms with Crippen molar-refractivity contribution in [2.45, 2.75) is 0 Å². The van der Waals surface area contributed by atoms with E-state index in [1.165, 1.54) is 26.9 Å². The fraction of sp³-hybridized carbons (Fsp3) is 0. The summed E-state index contributed by atoms with van der Waals surface area (Å²) in [6.07, 6.45) is 1.90. The summed E-state index contributed by atoms with van der Waals surface area (Å²) in [6, 6.07) is 31.0. The van der Waals surface area contributed by atoms with Crippen LogP contribution in [0.1, 0.15) is 0 Å². The largest absolute Gasteiger partial charge is 0.492 e. The summed E-state index contributed by atoms with van der Waals surface area (Å²) < 4.78 is 6.44. The van der Waals surface area contributed by atoms with Crippen LogP contribution in [0.25, 0.3) is 54.3 Å². The van der Waals surface area contributed by atoms with Gasteiger partial charge in [0.1, 0.15) is 5.75 Å². The van der Waals surface area contributed by atoms with Crippen LogP contribution in [-0.2, 0) is 20.1 Å². The Morgan fingerprint density at radius 3 is 2.43 bits per heavy atom. The van der Waals surface area contributed by atoms with Crippen LogP contribution >= 0.6 is 0 Å². The molecule has 6 aromatic rings. The first-order valence-corrected chi connectivity index (χ1v) is 9.73. The van der Waals surface area contributed by atoms with Gasteiger partial charge in [0.05, 0.1) is 5.75 Å². The van der Waals surface area contributed by atoms with Gasteiger partial charge in [0.15, 0.2) is 0 Å². The van der Waals surface area contributed by atoms with Gasteiger partial charge < -0.3 is 4.74 Å². The second-order valence-electron chi connectivity index (χ2n) is 7.54. The number of fused-ring (bicyclic) bond motifs is 7. The summed E-state index contributed by atoms with van der Waals surface area (Å²) in [5.74, 6) is 1.68. The molecule has 2 nitrogen and oxygen atoms in total. The second kappa shape index (κ2) is 6.37. The molecular formula is C27H14IrNO-.